The SMILES string of the molecule is CCc1cc(CC)cc(-c2c(C)c(C)c(C)[c-]2C([SiH2]c2cc(-c3ccccc3)cc(-c3ccccc3)c2)c2cc(C)cc(C)c2)c1.[Cl-].[Cl-].[Cl-].[Ti+4]. The van der Waals surface area contributed by atoms with Crippen LogP contribution in [-0.2, 0) is 34.6 Å². The Morgan fingerprint density at radius 3 is 1.46 bits per heavy atom. The van der Waals surface area contributed by atoms with E-state index in [1.54, 1.807) is 5.56 Å². The minimum absolute atomic E-state index is 0. The summed E-state index contributed by atoms with van der Waals surface area (Å²) in [4.78, 5) is 0. The minimum Gasteiger partial charge on any atom is -1.00 e. The van der Waals surface area contributed by atoms with Crippen LogP contribution in [-0.4, -0.2) is 9.52 Å². The van der Waals surface area contributed by atoms with Crippen LogP contribution in [0.4, 0.5) is 0 Å². The van der Waals surface area contributed by atoms with Crippen molar-refractivity contribution in [2.24, 2.45) is 0 Å². The number of aryl methyl sites for hydroxylation is 4. The van der Waals surface area contributed by atoms with E-state index in [9.17, 15) is 0 Å². The van der Waals surface area contributed by atoms with Crippen molar-refractivity contribution in [3.63, 3.8) is 0 Å². The molecule has 5 heteroatoms. The molecule has 0 aliphatic heterocycles. The van der Waals surface area contributed by atoms with Gasteiger partial charge in [0.05, 0.1) is 9.52 Å². The molecule has 0 saturated carbocycles. The Morgan fingerprint density at radius 1 is 0.520 bits per heavy atom. The summed E-state index contributed by atoms with van der Waals surface area (Å²) < 4.78 is 0. The second-order valence-electron chi connectivity index (χ2n) is 13.2. The molecule has 256 valence electrons. The van der Waals surface area contributed by atoms with Gasteiger partial charge in [0.2, 0.25) is 0 Å². The topological polar surface area (TPSA) is 0 Å². The van der Waals surface area contributed by atoms with Crippen LogP contribution in [0.3, 0.4) is 0 Å². The van der Waals surface area contributed by atoms with Crippen molar-refractivity contribution in [2.45, 2.75) is 66.8 Å². The van der Waals surface area contributed by atoms with Crippen molar-refractivity contribution in [1.82, 2.24) is 0 Å². The van der Waals surface area contributed by atoms with E-state index in [1.165, 1.54) is 83.1 Å². The first-order valence-corrected chi connectivity index (χ1v) is 18.5. The maximum atomic E-state index is 2.49. The third kappa shape index (κ3) is 9.37. The largest absolute Gasteiger partial charge is 4.00 e. The van der Waals surface area contributed by atoms with Gasteiger partial charge < -0.3 is 37.2 Å². The molecule has 1 unspecified atom stereocenters. The standard InChI is InChI=1S/C45H47Si.3ClH.Ti/c1-8-34-23-35(9-2)25-40(24-34)43-32(6)31(5)33(7)44(43)45(41-21-29(3)20-30(4)22-41)46-42-27-38(36-16-12-10-13-17-36)26-39(28-42)37-18-14-11-15-19-37;;;;/h10-28,45H,8-9,46H2,1-7H3;3*1H;/q-1;;;;+4/p-3. The molecule has 1 atom stereocenters. The second-order valence-corrected chi connectivity index (χ2v) is 15.3. The fraction of sp³-hybridized carbons (Fsp3) is 0.222. The summed E-state index contributed by atoms with van der Waals surface area (Å²) in [6, 6.07) is 43.8. The van der Waals surface area contributed by atoms with Crippen molar-refractivity contribution in [3.8, 4) is 33.4 Å². The summed E-state index contributed by atoms with van der Waals surface area (Å²) in [6.07, 6.45) is 2.11. The summed E-state index contributed by atoms with van der Waals surface area (Å²) in [5, 5.41) is 1.50. The molecule has 0 bridgehead atoms. The molecule has 0 radical (unpaired) electrons. The normalized spacial score (nSPS) is 11.3. The van der Waals surface area contributed by atoms with E-state index in [1.807, 2.05) is 0 Å². The van der Waals surface area contributed by atoms with E-state index in [-0.39, 0.29) is 58.9 Å². The van der Waals surface area contributed by atoms with Crippen LogP contribution in [0.25, 0.3) is 33.4 Å². The Bertz CT molecular complexity index is 1900. The molecular weight excluding hydrogens is 723 g/mol. The smallest absolute Gasteiger partial charge is 1.00 e. The Kier molecular flexibility index (Phi) is 16.7. The second kappa shape index (κ2) is 19.2. The van der Waals surface area contributed by atoms with E-state index in [4.69, 9.17) is 0 Å². The summed E-state index contributed by atoms with van der Waals surface area (Å²) in [6.45, 7) is 16.1. The Labute approximate surface area is 336 Å². The predicted octanol–water partition coefficient (Wildman–Crippen LogP) is 1.67. The average molecular weight is 770 g/mol. The van der Waals surface area contributed by atoms with Gasteiger partial charge in [-0.1, -0.05) is 182 Å². The van der Waals surface area contributed by atoms with Crippen LogP contribution < -0.4 is 42.4 Å². The molecule has 0 heterocycles. The first kappa shape index (κ1) is 43.4. The number of rotatable bonds is 9. The average Bonchev–Trinajstić information content (AvgIpc) is 3.30. The van der Waals surface area contributed by atoms with Crippen molar-refractivity contribution in [1.29, 1.82) is 0 Å². The Morgan fingerprint density at radius 2 is 1.00 bits per heavy atom. The van der Waals surface area contributed by atoms with Crippen LogP contribution in [0.1, 0.15) is 69.5 Å². The van der Waals surface area contributed by atoms with Crippen molar-refractivity contribution in [3.05, 3.63) is 165 Å². The maximum absolute atomic E-state index is 2.49. The van der Waals surface area contributed by atoms with Crippen LogP contribution in [0.5, 0.6) is 0 Å². The number of hydrogen-bond donors (Lipinski definition) is 0. The first-order chi connectivity index (χ1) is 22.2. The third-order valence-electron chi connectivity index (χ3n) is 9.97. The summed E-state index contributed by atoms with van der Waals surface area (Å²) in [7, 11) is -0.859. The zero-order chi connectivity index (χ0) is 32.4. The van der Waals surface area contributed by atoms with Gasteiger partial charge in [0.15, 0.2) is 0 Å². The molecule has 0 aliphatic rings. The minimum atomic E-state index is -0.859. The molecular formula is C45H47Cl3SiTi. The zero-order valence-electron chi connectivity index (χ0n) is 30.3. The molecule has 6 rings (SSSR count). The van der Waals surface area contributed by atoms with Gasteiger partial charge in [0.1, 0.15) is 0 Å². The van der Waals surface area contributed by atoms with Gasteiger partial charge in [0, 0.05) is 0 Å². The fourth-order valence-corrected chi connectivity index (χ4v) is 9.75. The Hall–Kier alpha value is -2.75. The molecule has 0 amide bonds. The first-order valence-electron chi connectivity index (χ1n) is 17.0. The van der Waals surface area contributed by atoms with E-state index >= 15 is 0 Å². The maximum Gasteiger partial charge on any atom is 4.00 e. The molecule has 50 heavy (non-hydrogen) atoms. The van der Waals surface area contributed by atoms with Crippen LogP contribution >= 0.6 is 0 Å². The molecule has 6 aromatic rings. The number of benzene rings is 5. The number of halogens is 3. The van der Waals surface area contributed by atoms with E-state index in [0.717, 1.165) is 12.8 Å². The molecule has 0 saturated heterocycles. The predicted molar refractivity (Wildman–Crippen MR) is 204 cm³/mol. The van der Waals surface area contributed by atoms with Gasteiger partial charge in [-0.3, -0.25) is 0 Å². The quantitative estimate of drug-likeness (QED) is 0.155. The molecule has 0 aliphatic carbocycles. The fourth-order valence-electron chi connectivity index (χ4n) is 7.42. The molecule has 0 spiro atoms. The summed E-state index contributed by atoms with van der Waals surface area (Å²) in [5.74, 6) is 0. The molecule has 0 fully saturated rings. The zero-order valence-corrected chi connectivity index (χ0v) is 35.5. The van der Waals surface area contributed by atoms with E-state index < -0.39 is 9.52 Å². The Balaban J connectivity index is 0.00000217. The van der Waals surface area contributed by atoms with Gasteiger partial charge in [-0.15, -0.1) is 16.7 Å². The van der Waals surface area contributed by atoms with Crippen molar-refractivity contribution in [2.75, 3.05) is 0 Å². The number of hydrogen-bond acceptors (Lipinski definition) is 0. The molecule has 0 N–H and O–H groups in total. The van der Waals surface area contributed by atoms with Crippen LogP contribution in [0, 0.1) is 34.6 Å². The van der Waals surface area contributed by atoms with Gasteiger partial charge in [-0.05, 0) is 60.6 Å². The van der Waals surface area contributed by atoms with Gasteiger partial charge in [0.25, 0.3) is 0 Å². The molecule has 0 nitrogen and oxygen atoms in total. The molecule has 0 aromatic heterocycles. The van der Waals surface area contributed by atoms with E-state index in [2.05, 4.69) is 164 Å². The van der Waals surface area contributed by atoms with Crippen LogP contribution in [0.2, 0.25) is 0 Å². The summed E-state index contributed by atoms with van der Waals surface area (Å²) >= 11 is 0. The monoisotopic (exact) mass is 768 g/mol. The molecule has 6 aromatic carbocycles. The van der Waals surface area contributed by atoms with Crippen LogP contribution in [0.15, 0.2) is 115 Å². The summed E-state index contributed by atoms with van der Waals surface area (Å²) in [5.41, 5.74) is 21.3. The van der Waals surface area contributed by atoms with Gasteiger partial charge >= 0.3 is 21.7 Å². The van der Waals surface area contributed by atoms with Gasteiger partial charge in [-0.2, -0.15) is 11.1 Å². The van der Waals surface area contributed by atoms with Crippen molar-refractivity contribution >= 4 is 14.7 Å². The van der Waals surface area contributed by atoms with Crippen molar-refractivity contribution < 1.29 is 58.9 Å². The van der Waals surface area contributed by atoms with E-state index in [0.29, 0.717) is 5.54 Å². The van der Waals surface area contributed by atoms with Gasteiger partial charge in [-0.25, -0.2) is 0 Å². The third-order valence-corrected chi connectivity index (χ3v) is 12.1.